The second kappa shape index (κ2) is 118. The zero-order valence-corrected chi connectivity index (χ0v) is 19.6. The summed E-state index contributed by atoms with van der Waals surface area (Å²) < 4.78 is 0. The SMILES string of the molecule is [N-3].[N-3].[N-3].[N-3].[Pt+4].[Pt+4].[Pt+4].[W].[W].[W]. The predicted molar refractivity (Wildman–Crippen MR) is 13.4 cm³/mol. The van der Waals surface area contributed by atoms with Crippen molar-refractivity contribution in [2.45, 2.75) is 0 Å². The molecule has 0 radical (unpaired) electrons. The molecule has 4 nitrogen and oxygen atoms in total. The molecule has 0 aromatic rings. The first kappa shape index (κ1) is 149. The molecule has 0 spiro atoms. The molecule has 0 rings (SSSR count). The van der Waals surface area contributed by atoms with Gasteiger partial charge in [0.2, 0.25) is 0 Å². The van der Waals surface area contributed by atoms with Crippen LogP contribution in [0.4, 0.5) is 0 Å². The molecule has 0 fully saturated rings. The molecule has 0 N–H and O–H groups in total. The van der Waals surface area contributed by atoms with Crippen LogP contribution in [-0.2, 0) is 126 Å². The molecule has 0 aliphatic rings. The van der Waals surface area contributed by atoms with Crippen LogP contribution >= 0.6 is 0 Å². The molecule has 0 saturated heterocycles. The monoisotopic (exact) mass is 1190 g/mol. The molecular formula is N4Pt3W3. The Balaban J connectivity index is 0. The Bertz CT molecular complexity index is 15.7. The maximum Gasteiger partial charge on any atom is 4.00 e. The Morgan fingerprint density at radius 1 is 0.300 bits per heavy atom. The Morgan fingerprint density at radius 3 is 0.300 bits per heavy atom. The quantitative estimate of drug-likeness (QED) is 0.346. The van der Waals surface area contributed by atoms with E-state index in [1.54, 1.807) is 0 Å². The molecule has 0 aliphatic carbocycles. The van der Waals surface area contributed by atoms with Gasteiger partial charge in [-0.15, -0.1) is 0 Å². The van der Waals surface area contributed by atoms with Crippen molar-refractivity contribution < 1.29 is 126 Å². The van der Waals surface area contributed by atoms with Gasteiger partial charge in [-0.05, 0) is 0 Å². The molecule has 0 aromatic carbocycles. The van der Waals surface area contributed by atoms with Gasteiger partial charge in [0.1, 0.15) is 0 Å². The van der Waals surface area contributed by atoms with Gasteiger partial charge in [0.05, 0.1) is 0 Å². The Morgan fingerprint density at radius 2 is 0.300 bits per heavy atom. The Labute approximate surface area is 148 Å². The summed E-state index contributed by atoms with van der Waals surface area (Å²) in [6, 6.07) is 0. The predicted octanol–water partition coefficient (Wildman–Crippen LogP) is 1.14. The van der Waals surface area contributed by atoms with Crippen LogP contribution in [0.15, 0.2) is 0 Å². The molecule has 0 bridgehead atoms. The average molecular weight is 1190 g/mol. The van der Waals surface area contributed by atoms with E-state index in [9.17, 15) is 0 Å². The van der Waals surface area contributed by atoms with Gasteiger partial charge >= 0.3 is 63.2 Å². The van der Waals surface area contributed by atoms with E-state index >= 15 is 0 Å². The van der Waals surface area contributed by atoms with Crippen LogP contribution in [0.3, 0.4) is 0 Å². The summed E-state index contributed by atoms with van der Waals surface area (Å²) in [6.45, 7) is 0. The van der Waals surface area contributed by atoms with Crippen molar-refractivity contribution in [3.63, 3.8) is 0 Å². The van der Waals surface area contributed by atoms with Crippen molar-refractivity contribution >= 4 is 0 Å². The third kappa shape index (κ3) is 91.4. The fourth-order valence-electron chi connectivity index (χ4n) is 0. The van der Waals surface area contributed by atoms with Crippen LogP contribution in [0.5, 0.6) is 0 Å². The van der Waals surface area contributed by atoms with E-state index in [2.05, 4.69) is 0 Å². The summed E-state index contributed by atoms with van der Waals surface area (Å²) in [5, 5.41) is 0. The zero-order valence-electron chi connectivity index (χ0n) is 3.96. The minimum atomic E-state index is 0. The van der Waals surface area contributed by atoms with Gasteiger partial charge in [-0.1, -0.05) is 0 Å². The molecule has 68 valence electrons. The molecule has 0 aliphatic heterocycles. The molecule has 10 heavy (non-hydrogen) atoms. The van der Waals surface area contributed by atoms with Gasteiger partial charge in [0.25, 0.3) is 0 Å². The summed E-state index contributed by atoms with van der Waals surface area (Å²) in [6.07, 6.45) is 0. The number of nitrogens with zero attached hydrogens (tertiary/aromatic N) is 4. The summed E-state index contributed by atoms with van der Waals surface area (Å²) in [7, 11) is 0. The van der Waals surface area contributed by atoms with Crippen molar-refractivity contribution in [3.8, 4) is 0 Å². The second-order valence-electron chi connectivity index (χ2n) is 0. The van der Waals surface area contributed by atoms with Crippen molar-refractivity contribution in [2.24, 2.45) is 0 Å². The fraction of sp³-hybridized carbons (Fsp3) is 0. The maximum absolute atomic E-state index is 0. The van der Waals surface area contributed by atoms with Crippen molar-refractivity contribution in [3.05, 3.63) is 24.6 Å². The molecule has 0 aromatic heterocycles. The molecule has 0 atom stereocenters. The molecule has 0 amide bonds. The van der Waals surface area contributed by atoms with Gasteiger partial charge in [0, 0.05) is 63.2 Å². The minimum absolute atomic E-state index is 0. The van der Waals surface area contributed by atoms with Crippen LogP contribution in [-0.4, -0.2) is 0 Å². The first-order valence-corrected chi connectivity index (χ1v) is 0. The van der Waals surface area contributed by atoms with Gasteiger partial charge in [-0.2, -0.15) is 0 Å². The number of rotatable bonds is 0. The molecule has 0 heterocycles. The normalized spacial score (nSPS) is 0. The van der Waals surface area contributed by atoms with Gasteiger partial charge in [-0.25, -0.2) is 0 Å². The summed E-state index contributed by atoms with van der Waals surface area (Å²) >= 11 is 0. The summed E-state index contributed by atoms with van der Waals surface area (Å²) in [5.74, 6) is 0. The first-order valence-electron chi connectivity index (χ1n) is 0. The van der Waals surface area contributed by atoms with E-state index in [0.717, 1.165) is 0 Å². The maximum atomic E-state index is 0. The smallest absolute Gasteiger partial charge is 3.00 e. The average Bonchev–Trinajstić information content (AvgIpc) is 0. The molecule has 0 saturated carbocycles. The van der Waals surface area contributed by atoms with Gasteiger partial charge in [0.15, 0.2) is 0 Å². The largest absolute Gasteiger partial charge is 4.00 e. The summed E-state index contributed by atoms with van der Waals surface area (Å²) in [4.78, 5) is 0. The van der Waals surface area contributed by atoms with E-state index in [0.29, 0.717) is 0 Å². The third-order valence-electron chi connectivity index (χ3n) is 0. The Kier molecular flexibility index (Phi) is 1760. The summed E-state index contributed by atoms with van der Waals surface area (Å²) in [5.41, 5.74) is 0. The van der Waals surface area contributed by atoms with E-state index in [-0.39, 0.29) is 151 Å². The molecule has 10 heteroatoms. The Hall–Kier alpha value is 3.97. The third-order valence-corrected chi connectivity index (χ3v) is 0. The van der Waals surface area contributed by atoms with E-state index < -0.39 is 0 Å². The van der Waals surface area contributed by atoms with Crippen LogP contribution < -0.4 is 0 Å². The zero-order chi connectivity index (χ0) is 0. The standard InChI is InChI=1S/4N.3Pt.3W/q4*-3;3*+4;;;. The van der Waals surface area contributed by atoms with Crippen molar-refractivity contribution in [1.82, 2.24) is 0 Å². The topological polar surface area (TPSA) is 122 Å². The van der Waals surface area contributed by atoms with Crippen LogP contribution in [0.2, 0.25) is 0 Å². The minimum Gasteiger partial charge on any atom is -3.00 e. The van der Waals surface area contributed by atoms with E-state index in [1.165, 1.54) is 0 Å². The number of hydrogen-bond donors (Lipinski definition) is 0. The van der Waals surface area contributed by atoms with Crippen LogP contribution in [0, 0.1) is 0 Å². The molecule has 0 unspecified atom stereocenters. The van der Waals surface area contributed by atoms with Crippen molar-refractivity contribution in [1.29, 1.82) is 0 Å². The fourth-order valence-corrected chi connectivity index (χ4v) is 0. The molecular weight excluding hydrogens is 1190 g/mol. The van der Waals surface area contributed by atoms with Gasteiger partial charge < -0.3 is 24.6 Å². The van der Waals surface area contributed by atoms with Crippen LogP contribution in [0.1, 0.15) is 0 Å². The van der Waals surface area contributed by atoms with Gasteiger partial charge in [-0.3, -0.25) is 0 Å². The second-order valence-corrected chi connectivity index (χ2v) is 0. The first-order chi connectivity index (χ1) is 0. The van der Waals surface area contributed by atoms with Crippen LogP contribution in [0.25, 0.3) is 24.6 Å². The van der Waals surface area contributed by atoms with Crippen molar-refractivity contribution in [2.75, 3.05) is 0 Å². The van der Waals surface area contributed by atoms with E-state index in [4.69, 9.17) is 0 Å². The number of hydrogen-bond acceptors (Lipinski definition) is 0. The van der Waals surface area contributed by atoms with E-state index in [1.807, 2.05) is 0 Å².